The van der Waals surface area contributed by atoms with E-state index in [1.54, 1.807) is 0 Å². The molecule has 2 aromatic carbocycles. The second-order valence-corrected chi connectivity index (χ2v) is 7.29. The number of carbonyl (C=O) groups is 2. The Hall–Kier alpha value is -2.57. The molecule has 2 aromatic rings. The number of ether oxygens (including phenoxy) is 1. The fourth-order valence-corrected chi connectivity index (χ4v) is 3.52. The largest absolute Gasteiger partial charge is 0.489 e. The number of nitrogens with one attached hydrogen (secondary N) is 1. The van der Waals surface area contributed by atoms with Gasteiger partial charge in [0, 0.05) is 37.7 Å². The van der Waals surface area contributed by atoms with E-state index in [9.17, 15) is 9.59 Å². The number of likely N-dealkylation sites (tertiary alicyclic amines) is 1. The number of benzene rings is 2. The Morgan fingerprint density at radius 3 is 2.50 bits per heavy atom. The molecule has 1 saturated heterocycles. The highest BCUT2D eigenvalue weighted by Gasteiger charge is 2.27. The number of nitrogens with zero attached hydrogens (tertiary/aromatic N) is 1. The third-order valence-electron chi connectivity index (χ3n) is 5.14. The summed E-state index contributed by atoms with van der Waals surface area (Å²) >= 11 is 0. The number of carbonyl (C=O) groups excluding carboxylic acids is 2. The lowest BCUT2D eigenvalue weighted by atomic mass is 10.00. The molecular weight excluding hydrogens is 402 g/mol. The Bertz CT molecular complexity index is 799. The van der Waals surface area contributed by atoms with E-state index in [1.165, 1.54) is 0 Å². The summed E-state index contributed by atoms with van der Waals surface area (Å²) in [5.41, 5.74) is 7.09. The molecule has 0 spiro atoms. The maximum Gasteiger partial charge on any atom is 0.254 e. The molecule has 3 N–H and O–H groups in total. The Morgan fingerprint density at radius 1 is 1.07 bits per heavy atom. The van der Waals surface area contributed by atoms with Gasteiger partial charge in [-0.1, -0.05) is 30.3 Å². The molecule has 7 heteroatoms. The maximum absolute atomic E-state index is 13.0. The van der Waals surface area contributed by atoms with Gasteiger partial charge in [-0.25, -0.2) is 0 Å². The summed E-state index contributed by atoms with van der Waals surface area (Å²) in [6.45, 7) is 1.99. The molecular formula is C23H30ClN3O3. The molecule has 0 saturated carbocycles. The minimum absolute atomic E-state index is 0. The second kappa shape index (κ2) is 12.2. The second-order valence-electron chi connectivity index (χ2n) is 7.29. The predicted octanol–water partition coefficient (Wildman–Crippen LogP) is 3.15. The third kappa shape index (κ3) is 6.75. The molecule has 1 aliphatic rings. The number of hydrogen-bond donors (Lipinski definition) is 2. The first kappa shape index (κ1) is 23.7. The van der Waals surface area contributed by atoms with Gasteiger partial charge in [0.25, 0.3) is 5.91 Å². The molecule has 0 aliphatic carbocycles. The molecule has 0 radical (unpaired) electrons. The number of amides is 2. The lowest BCUT2D eigenvalue weighted by Gasteiger charge is -2.36. The monoisotopic (exact) mass is 431 g/mol. The smallest absolute Gasteiger partial charge is 0.254 e. The van der Waals surface area contributed by atoms with Gasteiger partial charge in [0.15, 0.2) is 0 Å². The normalized spacial score (nSPS) is 15.8. The van der Waals surface area contributed by atoms with Crippen molar-refractivity contribution >= 4 is 24.2 Å². The van der Waals surface area contributed by atoms with Crippen LogP contribution in [0.3, 0.4) is 0 Å². The van der Waals surface area contributed by atoms with Crippen molar-refractivity contribution in [3.63, 3.8) is 0 Å². The quantitative estimate of drug-likeness (QED) is 0.672. The summed E-state index contributed by atoms with van der Waals surface area (Å²) in [4.78, 5) is 26.7. The average molecular weight is 432 g/mol. The summed E-state index contributed by atoms with van der Waals surface area (Å²) in [7, 11) is 0. The van der Waals surface area contributed by atoms with Crippen molar-refractivity contribution < 1.29 is 14.3 Å². The van der Waals surface area contributed by atoms with Crippen LogP contribution in [-0.4, -0.2) is 42.4 Å². The Balaban J connectivity index is 0.00000320. The first-order chi connectivity index (χ1) is 14.2. The molecule has 162 valence electrons. The van der Waals surface area contributed by atoms with Crippen LogP contribution < -0.4 is 15.8 Å². The van der Waals surface area contributed by atoms with Gasteiger partial charge in [-0.05, 0) is 49.1 Å². The number of rotatable bonds is 8. The van der Waals surface area contributed by atoms with Gasteiger partial charge < -0.3 is 20.7 Å². The summed E-state index contributed by atoms with van der Waals surface area (Å²) in [5.74, 6) is 0.770. The predicted molar refractivity (Wildman–Crippen MR) is 120 cm³/mol. The molecule has 2 amide bonds. The minimum Gasteiger partial charge on any atom is -0.489 e. The number of nitrogens with two attached hydrogens (primary N) is 1. The van der Waals surface area contributed by atoms with Crippen LogP contribution in [0.5, 0.6) is 5.75 Å². The van der Waals surface area contributed by atoms with Gasteiger partial charge in [0.1, 0.15) is 12.4 Å². The van der Waals surface area contributed by atoms with Crippen molar-refractivity contribution in [1.29, 1.82) is 0 Å². The van der Waals surface area contributed by atoms with Crippen LogP contribution in [0.1, 0.15) is 41.6 Å². The van der Waals surface area contributed by atoms with Gasteiger partial charge in [-0.15, -0.1) is 12.4 Å². The molecule has 3 rings (SSSR count). The zero-order chi connectivity index (χ0) is 20.5. The summed E-state index contributed by atoms with van der Waals surface area (Å²) in [6, 6.07) is 17.2. The first-order valence-corrected chi connectivity index (χ1v) is 10.2. The lowest BCUT2D eigenvalue weighted by Crippen LogP contribution is -2.49. The number of para-hydroxylation sites is 1. The van der Waals surface area contributed by atoms with Crippen LogP contribution in [0.2, 0.25) is 0 Å². The Morgan fingerprint density at radius 2 is 1.80 bits per heavy atom. The molecule has 1 heterocycles. The van der Waals surface area contributed by atoms with Crippen molar-refractivity contribution in [3.05, 3.63) is 65.7 Å². The van der Waals surface area contributed by atoms with Crippen molar-refractivity contribution in [2.24, 2.45) is 5.73 Å². The number of hydrogen-bond acceptors (Lipinski definition) is 4. The van der Waals surface area contributed by atoms with E-state index in [0.717, 1.165) is 37.1 Å². The molecule has 6 nitrogen and oxygen atoms in total. The van der Waals surface area contributed by atoms with E-state index >= 15 is 0 Å². The van der Waals surface area contributed by atoms with E-state index in [1.807, 2.05) is 59.5 Å². The fraction of sp³-hybridized carbons (Fsp3) is 0.391. The van der Waals surface area contributed by atoms with Gasteiger partial charge in [0.2, 0.25) is 5.91 Å². The molecule has 1 atom stereocenters. The zero-order valence-corrected chi connectivity index (χ0v) is 17.9. The van der Waals surface area contributed by atoms with Crippen LogP contribution in [0.15, 0.2) is 54.6 Å². The molecule has 0 bridgehead atoms. The topological polar surface area (TPSA) is 84.7 Å². The SMILES string of the molecule is Cl.NCCC(=O)NCC1CCCCN1C(=O)c1ccc(COc2ccccc2)cc1. The molecule has 1 unspecified atom stereocenters. The average Bonchev–Trinajstić information content (AvgIpc) is 2.77. The highest BCUT2D eigenvalue weighted by Crippen LogP contribution is 2.20. The van der Waals surface area contributed by atoms with E-state index in [4.69, 9.17) is 10.5 Å². The molecule has 0 aromatic heterocycles. The van der Waals surface area contributed by atoms with Gasteiger partial charge >= 0.3 is 0 Å². The standard InChI is InChI=1S/C23H29N3O3.ClH/c24-14-13-22(27)25-16-20-6-4-5-15-26(20)23(28)19-11-9-18(10-12-19)17-29-21-7-2-1-3-8-21;/h1-3,7-12,20H,4-6,13-17,24H2,(H,25,27);1H. The molecule has 1 fully saturated rings. The van der Waals surface area contributed by atoms with Gasteiger partial charge in [-0.2, -0.15) is 0 Å². The lowest BCUT2D eigenvalue weighted by molar-refractivity contribution is -0.121. The van der Waals surface area contributed by atoms with Crippen molar-refractivity contribution in [1.82, 2.24) is 10.2 Å². The van der Waals surface area contributed by atoms with Crippen LogP contribution in [0.4, 0.5) is 0 Å². The third-order valence-corrected chi connectivity index (χ3v) is 5.14. The van der Waals surface area contributed by atoms with Crippen LogP contribution in [-0.2, 0) is 11.4 Å². The van der Waals surface area contributed by atoms with Gasteiger partial charge in [-0.3, -0.25) is 9.59 Å². The summed E-state index contributed by atoms with van der Waals surface area (Å²) < 4.78 is 5.76. The van der Waals surface area contributed by atoms with Crippen LogP contribution >= 0.6 is 12.4 Å². The Labute approximate surface area is 184 Å². The van der Waals surface area contributed by atoms with E-state index in [0.29, 0.717) is 31.7 Å². The molecule has 1 aliphatic heterocycles. The summed E-state index contributed by atoms with van der Waals surface area (Å²) in [6.07, 6.45) is 3.27. The van der Waals surface area contributed by atoms with Gasteiger partial charge in [0.05, 0.1) is 0 Å². The highest BCUT2D eigenvalue weighted by atomic mass is 35.5. The minimum atomic E-state index is -0.0618. The fourth-order valence-electron chi connectivity index (χ4n) is 3.52. The summed E-state index contributed by atoms with van der Waals surface area (Å²) in [5, 5.41) is 2.90. The van der Waals surface area contributed by atoms with E-state index < -0.39 is 0 Å². The molecule has 30 heavy (non-hydrogen) atoms. The number of halogens is 1. The van der Waals surface area contributed by atoms with E-state index in [2.05, 4.69) is 5.32 Å². The Kier molecular flexibility index (Phi) is 9.64. The van der Waals surface area contributed by atoms with E-state index in [-0.39, 0.29) is 30.3 Å². The van der Waals surface area contributed by atoms with Crippen molar-refractivity contribution in [2.45, 2.75) is 38.3 Å². The maximum atomic E-state index is 13.0. The number of piperidine rings is 1. The van der Waals surface area contributed by atoms with Crippen LogP contribution in [0.25, 0.3) is 0 Å². The van der Waals surface area contributed by atoms with Crippen molar-refractivity contribution in [2.75, 3.05) is 19.6 Å². The van der Waals surface area contributed by atoms with Crippen LogP contribution in [0, 0.1) is 0 Å². The highest BCUT2D eigenvalue weighted by molar-refractivity contribution is 5.94. The first-order valence-electron chi connectivity index (χ1n) is 10.2. The van der Waals surface area contributed by atoms with Crippen molar-refractivity contribution in [3.8, 4) is 5.75 Å². The zero-order valence-electron chi connectivity index (χ0n) is 17.1.